The molecule has 2 aromatic rings. The summed E-state index contributed by atoms with van der Waals surface area (Å²) >= 11 is 0.777. The van der Waals surface area contributed by atoms with Gasteiger partial charge in [-0.2, -0.15) is 0 Å². The first kappa shape index (κ1) is 14.3. The van der Waals surface area contributed by atoms with Crippen molar-refractivity contribution in [2.75, 3.05) is 5.32 Å². The number of nitrogens with one attached hydrogen (secondary N) is 1. The second-order valence-corrected chi connectivity index (χ2v) is 5.39. The lowest BCUT2D eigenvalue weighted by atomic mass is 10.1. The van der Waals surface area contributed by atoms with E-state index in [0.29, 0.717) is 23.6 Å². The van der Waals surface area contributed by atoms with Gasteiger partial charge in [0.15, 0.2) is 0 Å². The molecule has 0 unspecified atom stereocenters. The Labute approximate surface area is 129 Å². The zero-order chi connectivity index (χ0) is 15.7. The minimum atomic E-state index is -1.22. The fourth-order valence-electron chi connectivity index (χ4n) is 2.05. The molecule has 8 heteroatoms. The largest absolute Gasteiger partial charge is 0.477 e. The molecule has 0 saturated heterocycles. The normalized spacial score (nSPS) is 15.4. The molecular weight excluding hydrogens is 306 g/mol. The molecule has 2 N–H and O–H groups in total. The number of carboxylic acid groups (broad SMARTS) is 1. The van der Waals surface area contributed by atoms with Crippen LogP contribution < -0.4 is 5.32 Å². The monoisotopic (exact) mass is 317 g/mol. The number of carbonyl (C=O) groups is 2. The van der Waals surface area contributed by atoms with Crippen molar-refractivity contribution in [1.29, 1.82) is 0 Å². The molecule has 0 fully saturated rings. The molecule has 0 saturated carbocycles. The first-order valence-corrected chi connectivity index (χ1v) is 7.30. The minimum absolute atomic E-state index is 0.0962. The topological polar surface area (TPSA) is 105 Å². The molecule has 112 valence electrons. The molecule has 2 heterocycles. The molecule has 1 aliphatic heterocycles. The summed E-state index contributed by atoms with van der Waals surface area (Å²) in [6.07, 6.45) is 0.551. The fourth-order valence-corrected chi connectivity index (χ4v) is 2.84. The van der Waals surface area contributed by atoms with Crippen molar-refractivity contribution in [3.8, 4) is 0 Å². The summed E-state index contributed by atoms with van der Waals surface area (Å²) in [6.45, 7) is 1.85. The lowest BCUT2D eigenvalue weighted by molar-refractivity contribution is -0.132. The molecule has 0 bridgehead atoms. The number of amides is 1. The van der Waals surface area contributed by atoms with E-state index in [0.717, 1.165) is 11.8 Å². The Balaban J connectivity index is 2.07. The molecular formula is C14H11N3O4S. The van der Waals surface area contributed by atoms with E-state index in [9.17, 15) is 14.7 Å². The van der Waals surface area contributed by atoms with Crippen molar-refractivity contribution in [3.05, 3.63) is 40.6 Å². The van der Waals surface area contributed by atoms with Gasteiger partial charge in [-0.15, -0.1) is 10.2 Å². The smallest absolute Gasteiger partial charge is 0.343 e. The maximum absolute atomic E-state index is 12.1. The highest BCUT2D eigenvalue weighted by atomic mass is 32.2. The molecule has 0 atom stereocenters. The van der Waals surface area contributed by atoms with Crippen LogP contribution in [0.4, 0.5) is 5.69 Å². The number of fused-ring (bicyclic) bond motifs is 1. The number of aryl methyl sites for hydroxylation is 1. The zero-order valence-electron chi connectivity index (χ0n) is 11.5. The molecule has 7 nitrogen and oxygen atoms in total. The number of anilines is 1. The van der Waals surface area contributed by atoms with E-state index >= 15 is 0 Å². The van der Waals surface area contributed by atoms with E-state index in [2.05, 4.69) is 15.5 Å². The predicted molar refractivity (Wildman–Crippen MR) is 79.2 cm³/mol. The number of carboxylic acids is 1. The van der Waals surface area contributed by atoms with E-state index in [1.54, 1.807) is 24.3 Å². The lowest BCUT2D eigenvalue weighted by Gasteiger charge is -2.03. The third-order valence-corrected chi connectivity index (χ3v) is 3.96. The summed E-state index contributed by atoms with van der Waals surface area (Å²) in [5, 5.41) is 19.8. The molecule has 0 aliphatic carbocycles. The van der Waals surface area contributed by atoms with Crippen LogP contribution in [0.25, 0.3) is 5.57 Å². The van der Waals surface area contributed by atoms with Crippen molar-refractivity contribution < 1.29 is 19.1 Å². The lowest BCUT2D eigenvalue weighted by Crippen LogP contribution is -2.09. The molecule has 0 spiro atoms. The Morgan fingerprint density at radius 2 is 2.14 bits per heavy atom. The van der Waals surface area contributed by atoms with Crippen molar-refractivity contribution in [2.24, 2.45) is 0 Å². The van der Waals surface area contributed by atoms with Gasteiger partial charge in [0.2, 0.25) is 5.89 Å². The standard InChI is InChI=1S/C14H11N3O4S/c1-2-9-16-17-14(21-9)22-11(13(19)20)10-7-5-3-4-6-8(7)15-12(10)18/h3-6H,2H2,1H3,(H,15,18)(H,19,20)/b11-10+. The third-order valence-electron chi connectivity index (χ3n) is 3.03. The Hall–Kier alpha value is -2.61. The third kappa shape index (κ3) is 2.48. The molecule has 1 aliphatic rings. The van der Waals surface area contributed by atoms with Crippen LogP contribution in [0.15, 0.2) is 38.8 Å². The predicted octanol–water partition coefficient (Wildman–Crippen LogP) is 2.17. The van der Waals surface area contributed by atoms with Gasteiger partial charge in [0.25, 0.3) is 11.1 Å². The van der Waals surface area contributed by atoms with Crippen LogP contribution in [-0.4, -0.2) is 27.2 Å². The Bertz CT molecular complexity index is 797. The van der Waals surface area contributed by atoms with E-state index in [4.69, 9.17) is 4.42 Å². The van der Waals surface area contributed by atoms with Crippen LogP contribution in [0, 0.1) is 0 Å². The van der Waals surface area contributed by atoms with Gasteiger partial charge in [0.1, 0.15) is 4.91 Å². The van der Waals surface area contributed by atoms with Crippen molar-refractivity contribution in [2.45, 2.75) is 18.6 Å². The van der Waals surface area contributed by atoms with E-state index < -0.39 is 11.9 Å². The average Bonchev–Trinajstić information content (AvgIpc) is 3.08. The summed E-state index contributed by atoms with van der Waals surface area (Å²) in [5.74, 6) is -1.27. The summed E-state index contributed by atoms with van der Waals surface area (Å²) in [4.78, 5) is 23.5. The second-order valence-electron chi connectivity index (χ2n) is 4.43. The molecule has 1 aromatic carbocycles. The van der Waals surface area contributed by atoms with Crippen LogP contribution in [0.1, 0.15) is 18.4 Å². The quantitative estimate of drug-likeness (QED) is 0.657. The number of rotatable bonds is 4. The first-order valence-electron chi connectivity index (χ1n) is 6.48. The summed E-state index contributed by atoms with van der Waals surface area (Å²) in [6, 6.07) is 6.91. The Morgan fingerprint density at radius 1 is 1.36 bits per heavy atom. The summed E-state index contributed by atoms with van der Waals surface area (Å²) < 4.78 is 5.31. The molecule has 1 amide bonds. The number of hydrogen-bond donors (Lipinski definition) is 2. The Kier molecular flexibility index (Phi) is 3.68. The number of para-hydroxylation sites is 1. The number of carbonyl (C=O) groups excluding carboxylic acids is 1. The number of benzene rings is 1. The molecule has 0 radical (unpaired) electrons. The van der Waals surface area contributed by atoms with E-state index in [1.807, 2.05) is 6.92 Å². The van der Waals surface area contributed by atoms with Crippen LogP contribution in [0.3, 0.4) is 0 Å². The van der Waals surface area contributed by atoms with Gasteiger partial charge in [-0.25, -0.2) is 4.79 Å². The number of aliphatic carboxylic acids is 1. The second kappa shape index (κ2) is 5.64. The average molecular weight is 317 g/mol. The zero-order valence-corrected chi connectivity index (χ0v) is 12.3. The van der Waals surface area contributed by atoms with Gasteiger partial charge < -0.3 is 14.8 Å². The first-order chi connectivity index (χ1) is 10.6. The number of hydrogen-bond acceptors (Lipinski definition) is 6. The van der Waals surface area contributed by atoms with E-state index in [1.165, 1.54) is 0 Å². The Morgan fingerprint density at radius 3 is 2.82 bits per heavy atom. The van der Waals surface area contributed by atoms with Gasteiger partial charge >= 0.3 is 5.97 Å². The number of aromatic nitrogens is 2. The van der Waals surface area contributed by atoms with Crippen molar-refractivity contribution >= 4 is 34.9 Å². The highest BCUT2D eigenvalue weighted by molar-refractivity contribution is 8.04. The van der Waals surface area contributed by atoms with Gasteiger partial charge in [0.05, 0.1) is 5.57 Å². The van der Waals surface area contributed by atoms with Gasteiger partial charge in [-0.1, -0.05) is 25.1 Å². The minimum Gasteiger partial charge on any atom is -0.477 e. The molecule has 3 rings (SSSR count). The van der Waals surface area contributed by atoms with Gasteiger partial charge in [-0.3, -0.25) is 4.79 Å². The van der Waals surface area contributed by atoms with Crippen LogP contribution in [-0.2, 0) is 16.0 Å². The van der Waals surface area contributed by atoms with Crippen LogP contribution in [0.2, 0.25) is 0 Å². The van der Waals surface area contributed by atoms with Crippen molar-refractivity contribution in [3.63, 3.8) is 0 Å². The molecule has 1 aromatic heterocycles. The maximum Gasteiger partial charge on any atom is 0.343 e. The van der Waals surface area contributed by atoms with Crippen LogP contribution >= 0.6 is 11.8 Å². The molecule has 22 heavy (non-hydrogen) atoms. The maximum atomic E-state index is 12.1. The fraction of sp³-hybridized carbons (Fsp3) is 0.143. The SMILES string of the molecule is CCc1nnc(S/C(C(=O)O)=C2/C(=O)Nc3ccccc32)o1. The summed E-state index contributed by atoms with van der Waals surface area (Å²) in [5.41, 5.74) is 1.23. The number of thioether (sulfide) groups is 1. The van der Waals surface area contributed by atoms with Gasteiger partial charge in [-0.05, 0) is 17.8 Å². The van der Waals surface area contributed by atoms with Crippen molar-refractivity contribution in [1.82, 2.24) is 10.2 Å². The summed E-state index contributed by atoms with van der Waals surface area (Å²) in [7, 11) is 0. The highest BCUT2D eigenvalue weighted by Gasteiger charge is 2.31. The van der Waals surface area contributed by atoms with E-state index in [-0.39, 0.29) is 15.7 Å². The van der Waals surface area contributed by atoms with Gasteiger partial charge in [0, 0.05) is 17.7 Å². The van der Waals surface area contributed by atoms with Crippen LogP contribution in [0.5, 0.6) is 0 Å². The highest BCUT2D eigenvalue weighted by Crippen LogP contribution is 2.39. The number of nitrogens with zero attached hydrogens (tertiary/aromatic N) is 2.